The Morgan fingerprint density at radius 2 is 2.05 bits per heavy atom. The van der Waals surface area contributed by atoms with E-state index in [0.717, 1.165) is 18.4 Å². The molecule has 0 heterocycles. The van der Waals surface area contributed by atoms with Crippen molar-refractivity contribution in [2.24, 2.45) is 0 Å². The Morgan fingerprint density at radius 1 is 1.35 bits per heavy atom. The first-order chi connectivity index (χ1) is 9.56. The summed E-state index contributed by atoms with van der Waals surface area (Å²) in [4.78, 5) is 11.9. The summed E-state index contributed by atoms with van der Waals surface area (Å²) in [7, 11) is 0. The van der Waals surface area contributed by atoms with Crippen LogP contribution < -0.4 is 10.6 Å². The number of carbonyl (C=O) groups is 1. The number of carbonyl (C=O) groups excluding carboxylic acids is 1. The van der Waals surface area contributed by atoms with E-state index >= 15 is 0 Å². The molecule has 0 aliphatic heterocycles. The lowest BCUT2D eigenvalue weighted by atomic mass is 9.95. The van der Waals surface area contributed by atoms with Gasteiger partial charge in [0.05, 0.1) is 11.0 Å². The predicted octanol–water partition coefficient (Wildman–Crippen LogP) is 3.76. The molecule has 0 radical (unpaired) electrons. The van der Waals surface area contributed by atoms with Crippen LogP contribution in [-0.4, -0.2) is 18.5 Å². The molecule has 110 valence electrons. The minimum atomic E-state index is -0.328. The molecule has 2 N–H and O–H groups in total. The molecule has 0 aromatic heterocycles. The molecule has 0 saturated heterocycles. The molecule has 1 aromatic carbocycles. The average molecular weight is 343 g/mol. The highest BCUT2D eigenvalue weighted by atomic mass is 79.9. The van der Waals surface area contributed by atoms with Crippen LogP contribution in [0.15, 0.2) is 16.6 Å². The summed E-state index contributed by atoms with van der Waals surface area (Å²) < 4.78 is 13.9. The van der Waals surface area contributed by atoms with Gasteiger partial charge in [0, 0.05) is 11.7 Å². The second-order valence-electron chi connectivity index (χ2n) is 5.34. The van der Waals surface area contributed by atoms with Crippen LogP contribution in [0.1, 0.15) is 37.7 Å². The van der Waals surface area contributed by atoms with Crippen molar-refractivity contribution in [3.63, 3.8) is 0 Å². The fourth-order valence-corrected chi connectivity index (χ4v) is 3.00. The predicted molar refractivity (Wildman–Crippen MR) is 82.3 cm³/mol. The number of halogens is 2. The lowest BCUT2D eigenvalue weighted by Gasteiger charge is -2.23. The number of benzene rings is 1. The molecule has 1 saturated carbocycles. The van der Waals surface area contributed by atoms with Crippen LogP contribution in [0.2, 0.25) is 0 Å². The number of nitrogens with one attached hydrogen (secondary N) is 2. The third kappa shape index (κ3) is 4.20. The second-order valence-corrected chi connectivity index (χ2v) is 6.19. The molecule has 1 aromatic rings. The summed E-state index contributed by atoms with van der Waals surface area (Å²) in [6.45, 7) is 2.06. The van der Waals surface area contributed by atoms with Crippen molar-refractivity contribution in [3.8, 4) is 0 Å². The quantitative estimate of drug-likeness (QED) is 0.874. The minimum absolute atomic E-state index is 0.0281. The van der Waals surface area contributed by atoms with Gasteiger partial charge in [-0.2, -0.15) is 0 Å². The summed E-state index contributed by atoms with van der Waals surface area (Å²) in [5, 5.41) is 6.03. The molecule has 2 rings (SSSR count). The van der Waals surface area contributed by atoms with E-state index in [9.17, 15) is 9.18 Å². The van der Waals surface area contributed by atoms with E-state index in [4.69, 9.17) is 0 Å². The van der Waals surface area contributed by atoms with Crippen molar-refractivity contribution in [1.29, 1.82) is 0 Å². The highest BCUT2D eigenvalue weighted by molar-refractivity contribution is 9.10. The first-order valence-electron chi connectivity index (χ1n) is 7.05. The Kier molecular flexibility index (Phi) is 5.40. The van der Waals surface area contributed by atoms with Crippen LogP contribution in [0.25, 0.3) is 0 Å². The van der Waals surface area contributed by atoms with Gasteiger partial charge in [-0.3, -0.25) is 4.79 Å². The maximum absolute atomic E-state index is 13.5. The van der Waals surface area contributed by atoms with Gasteiger partial charge < -0.3 is 10.6 Å². The second kappa shape index (κ2) is 7.07. The number of hydrogen-bond acceptors (Lipinski definition) is 2. The molecule has 1 fully saturated rings. The van der Waals surface area contributed by atoms with Crippen molar-refractivity contribution in [1.82, 2.24) is 5.32 Å². The van der Waals surface area contributed by atoms with Gasteiger partial charge in [0.2, 0.25) is 5.91 Å². The first kappa shape index (κ1) is 15.3. The topological polar surface area (TPSA) is 41.1 Å². The number of rotatable bonds is 4. The normalized spacial score (nSPS) is 15.9. The summed E-state index contributed by atoms with van der Waals surface area (Å²) in [6.07, 6.45) is 5.78. The van der Waals surface area contributed by atoms with Gasteiger partial charge in [-0.15, -0.1) is 0 Å². The van der Waals surface area contributed by atoms with E-state index in [1.54, 1.807) is 6.07 Å². The average Bonchev–Trinajstić information content (AvgIpc) is 2.42. The smallest absolute Gasteiger partial charge is 0.239 e. The molecule has 1 amide bonds. The van der Waals surface area contributed by atoms with Crippen LogP contribution >= 0.6 is 15.9 Å². The molecule has 0 spiro atoms. The molecule has 0 bridgehead atoms. The number of amides is 1. The molecule has 1 aliphatic carbocycles. The Labute approximate surface area is 127 Å². The van der Waals surface area contributed by atoms with E-state index < -0.39 is 0 Å². The molecule has 0 atom stereocenters. The van der Waals surface area contributed by atoms with Crippen molar-refractivity contribution in [3.05, 3.63) is 28.0 Å². The highest BCUT2D eigenvalue weighted by Gasteiger charge is 2.15. The molecule has 1 aliphatic rings. The van der Waals surface area contributed by atoms with Crippen molar-refractivity contribution >= 4 is 27.5 Å². The highest BCUT2D eigenvalue weighted by Crippen LogP contribution is 2.23. The maximum Gasteiger partial charge on any atom is 0.239 e. The van der Waals surface area contributed by atoms with E-state index in [0.29, 0.717) is 16.2 Å². The third-order valence-corrected chi connectivity index (χ3v) is 4.28. The summed E-state index contributed by atoms with van der Waals surface area (Å²) in [5.74, 6) is -0.356. The SMILES string of the molecule is Cc1cc(Br)c(F)cc1NCC(=O)NC1CCCCC1. The van der Waals surface area contributed by atoms with Gasteiger partial charge in [0.15, 0.2) is 0 Å². The monoisotopic (exact) mass is 342 g/mol. The Bertz CT molecular complexity index is 487. The lowest BCUT2D eigenvalue weighted by Crippen LogP contribution is -2.39. The molecule has 3 nitrogen and oxygen atoms in total. The maximum atomic E-state index is 13.5. The standard InChI is InChI=1S/C15H20BrFN2O/c1-10-7-12(16)13(17)8-14(10)18-9-15(20)19-11-5-3-2-4-6-11/h7-8,11,18H,2-6,9H2,1H3,(H,19,20). The van der Waals surface area contributed by atoms with Gasteiger partial charge >= 0.3 is 0 Å². The van der Waals surface area contributed by atoms with E-state index in [2.05, 4.69) is 26.6 Å². The van der Waals surface area contributed by atoms with Crippen LogP contribution in [0.3, 0.4) is 0 Å². The summed E-state index contributed by atoms with van der Waals surface area (Å²) in [6, 6.07) is 3.42. The molecule has 0 unspecified atom stereocenters. The number of hydrogen-bond donors (Lipinski definition) is 2. The third-order valence-electron chi connectivity index (χ3n) is 3.68. The van der Waals surface area contributed by atoms with Crippen LogP contribution in [0.4, 0.5) is 10.1 Å². The first-order valence-corrected chi connectivity index (χ1v) is 7.84. The Hall–Kier alpha value is -1.10. The van der Waals surface area contributed by atoms with Crippen LogP contribution in [0, 0.1) is 12.7 Å². The van der Waals surface area contributed by atoms with Crippen LogP contribution in [0.5, 0.6) is 0 Å². The minimum Gasteiger partial charge on any atom is -0.376 e. The zero-order valence-corrected chi connectivity index (χ0v) is 13.2. The number of aryl methyl sites for hydroxylation is 1. The number of anilines is 1. The lowest BCUT2D eigenvalue weighted by molar-refractivity contribution is -0.120. The largest absolute Gasteiger partial charge is 0.376 e. The van der Waals surface area contributed by atoms with Crippen molar-refractivity contribution in [2.75, 3.05) is 11.9 Å². The Balaban J connectivity index is 1.85. The van der Waals surface area contributed by atoms with Crippen molar-refractivity contribution < 1.29 is 9.18 Å². The van der Waals surface area contributed by atoms with E-state index in [1.165, 1.54) is 25.3 Å². The molecular formula is C15H20BrFN2O. The Morgan fingerprint density at radius 3 is 2.75 bits per heavy atom. The molecule has 5 heteroatoms. The molecular weight excluding hydrogens is 323 g/mol. The van der Waals surface area contributed by atoms with Gasteiger partial charge in [-0.05, 0) is 53.4 Å². The van der Waals surface area contributed by atoms with Gasteiger partial charge in [-0.25, -0.2) is 4.39 Å². The van der Waals surface area contributed by atoms with E-state index in [1.807, 2.05) is 6.92 Å². The van der Waals surface area contributed by atoms with Crippen LogP contribution in [-0.2, 0) is 4.79 Å². The van der Waals surface area contributed by atoms with Crippen molar-refractivity contribution in [2.45, 2.75) is 45.1 Å². The van der Waals surface area contributed by atoms with Gasteiger partial charge in [0.25, 0.3) is 0 Å². The molecule has 20 heavy (non-hydrogen) atoms. The zero-order chi connectivity index (χ0) is 14.5. The van der Waals surface area contributed by atoms with E-state index in [-0.39, 0.29) is 18.3 Å². The van der Waals surface area contributed by atoms with Gasteiger partial charge in [-0.1, -0.05) is 19.3 Å². The summed E-state index contributed by atoms with van der Waals surface area (Å²) in [5.41, 5.74) is 1.56. The fraction of sp³-hybridized carbons (Fsp3) is 0.533. The zero-order valence-electron chi connectivity index (χ0n) is 11.6. The van der Waals surface area contributed by atoms with Gasteiger partial charge in [0.1, 0.15) is 5.82 Å². The fourth-order valence-electron chi connectivity index (χ4n) is 2.54. The summed E-state index contributed by atoms with van der Waals surface area (Å²) >= 11 is 3.14.